The summed E-state index contributed by atoms with van der Waals surface area (Å²) in [7, 11) is 0. The summed E-state index contributed by atoms with van der Waals surface area (Å²) in [4.78, 5) is 48.1. The molecule has 3 aromatic rings. The number of nitrogens with two attached hydrogens (primary N) is 1. The standard InChI is InChI=1S/C25H23BrFN8O4/c1-14(36)23-17-10-15(25(28)29-8-3-9-35(25)39)6-7-18(17)34(32-23)13-22(37)33-12-16(27)11-19(33)24(38)31-21-5-2-4-20(26)30-21/h2-10,16,19H,11-13,28H2,1H3,(H,30,31,38)/q-1/t16-,19+,25?/m1/s1. The number of nitrogens with one attached hydrogen (secondary N) is 1. The Labute approximate surface area is 230 Å². The number of likely N-dealkylation sites (tertiary alicyclic amines) is 1. The van der Waals surface area contributed by atoms with E-state index in [1.165, 1.54) is 41.1 Å². The van der Waals surface area contributed by atoms with Gasteiger partial charge in [-0.05, 0) is 52.5 Å². The SMILES string of the molecule is CC(=O)c1nn(CC(=O)N2C[C@H](F)C[C@H]2C(=O)Nc2cccc(Br)n2)c2ccc(C3(N)N=CC=CN3[O-])cc12. The second kappa shape index (κ2) is 10.3. The predicted molar refractivity (Wildman–Crippen MR) is 144 cm³/mol. The van der Waals surface area contributed by atoms with Gasteiger partial charge in [-0.15, -0.1) is 0 Å². The molecular weight excluding hydrogens is 575 g/mol. The number of benzene rings is 1. The van der Waals surface area contributed by atoms with Crippen LogP contribution >= 0.6 is 15.9 Å². The number of pyridine rings is 1. The Bertz CT molecular complexity index is 1540. The van der Waals surface area contributed by atoms with E-state index in [9.17, 15) is 24.0 Å². The predicted octanol–water partition coefficient (Wildman–Crippen LogP) is 2.44. The topological polar surface area (TPSA) is 162 Å². The van der Waals surface area contributed by atoms with Gasteiger partial charge in [0.2, 0.25) is 17.6 Å². The number of aromatic nitrogens is 3. The van der Waals surface area contributed by atoms with Gasteiger partial charge in [-0.25, -0.2) is 14.4 Å². The minimum Gasteiger partial charge on any atom is -0.756 e. The normalized spacial score (nSPS) is 22.5. The Morgan fingerprint density at radius 2 is 2.08 bits per heavy atom. The fraction of sp³-hybridized carbons (Fsp3) is 0.280. The first-order valence-corrected chi connectivity index (χ1v) is 12.7. The van der Waals surface area contributed by atoms with E-state index in [4.69, 9.17) is 5.73 Å². The van der Waals surface area contributed by atoms with E-state index in [2.05, 4.69) is 36.3 Å². The molecular formula is C25H23BrFN8O4-. The van der Waals surface area contributed by atoms with Crippen LogP contribution in [0.25, 0.3) is 10.9 Å². The van der Waals surface area contributed by atoms with Crippen molar-refractivity contribution >= 4 is 56.5 Å². The van der Waals surface area contributed by atoms with E-state index in [0.29, 0.717) is 26.1 Å². The third-order valence-electron chi connectivity index (χ3n) is 6.55. The zero-order valence-corrected chi connectivity index (χ0v) is 22.2. The number of aliphatic imine (C=N–C) groups is 1. The number of halogens is 2. The molecule has 0 aliphatic carbocycles. The van der Waals surface area contributed by atoms with Gasteiger partial charge < -0.3 is 20.5 Å². The van der Waals surface area contributed by atoms with E-state index in [1.807, 2.05) is 0 Å². The molecule has 3 N–H and O–H groups in total. The van der Waals surface area contributed by atoms with Crippen LogP contribution in [0.4, 0.5) is 10.2 Å². The Balaban J connectivity index is 1.42. The van der Waals surface area contributed by atoms with Crippen LogP contribution < -0.4 is 11.1 Å². The first kappa shape index (κ1) is 26.6. The van der Waals surface area contributed by atoms with Crippen molar-refractivity contribution < 1.29 is 18.8 Å². The molecule has 3 atom stereocenters. The molecule has 0 bridgehead atoms. The van der Waals surface area contributed by atoms with Gasteiger partial charge in [0.15, 0.2) is 5.78 Å². The largest absolute Gasteiger partial charge is 0.756 e. The molecule has 0 saturated carbocycles. The van der Waals surface area contributed by atoms with Crippen molar-refractivity contribution in [1.82, 2.24) is 24.7 Å². The van der Waals surface area contributed by atoms with E-state index in [1.54, 1.807) is 30.3 Å². The van der Waals surface area contributed by atoms with Crippen LogP contribution in [0.1, 0.15) is 29.4 Å². The van der Waals surface area contributed by atoms with Crippen molar-refractivity contribution in [2.45, 2.75) is 37.9 Å². The van der Waals surface area contributed by atoms with Crippen LogP contribution in [0.2, 0.25) is 0 Å². The number of allylic oxidation sites excluding steroid dienone is 1. The molecule has 12 nitrogen and oxygen atoms in total. The smallest absolute Gasteiger partial charge is 0.248 e. The molecule has 2 aromatic heterocycles. The molecule has 1 unspecified atom stereocenters. The summed E-state index contributed by atoms with van der Waals surface area (Å²) in [6, 6.07) is 8.58. The molecule has 1 saturated heterocycles. The van der Waals surface area contributed by atoms with Crippen molar-refractivity contribution in [3.63, 3.8) is 0 Å². The Hall–Kier alpha value is -4.01. The van der Waals surface area contributed by atoms with E-state index in [0.717, 1.165) is 0 Å². The summed E-state index contributed by atoms with van der Waals surface area (Å²) in [5.74, 6) is -2.96. The minimum atomic E-state index is -1.73. The molecule has 2 aliphatic rings. The molecule has 5 rings (SSSR count). The Kier molecular flexibility index (Phi) is 7.01. The Morgan fingerprint density at radius 3 is 2.79 bits per heavy atom. The first-order valence-electron chi connectivity index (χ1n) is 11.9. The maximum absolute atomic E-state index is 14.4. The van der Waals surface area contributed by atoms with Crippen LogP contribution in [0, 0.1) is 5.21 Å². The number of nitrogens with zero attached hydrogens (tertiary/aromatic N) is 6. The molecule has 14 heteroatoms. The molecule has 4 heterocycles. The molecule has 39 heavy (non-hydrogen) atoms. The van der Waals surface area contributed by atoms with Crippen LogP contribution in [-0.4, -0.2) is 67.3 Å². The molecule has 1 aromatic carbocycles. The third kappa shape index (κ3) is 5.05. The van der Waals surface area contributed by atoms with Crippen molar-refractivity contribution in [1.29, 1.82) is 0 Å². The number of carbonyl (C=O) groups excluding carboxylic acids is 3. The molecule has 1 fully saturated rings. The molecule has 2 amide bonds. The van der Waals surface area contributed by atoms with Crippen molar-refractivity contribution in [2.24, 2.45) is 10.7 Å². The van der Waals surface area contributed by atoms with Gasteiger partial charge in [-0.2, -0.15) is 5.10 Å². The van der Waals surface area contributed by atoms with Crippen LogP contribution in [0.5, 0.6) is 0 Å². The van der Waals surface area contributed by atoms with Gasteiger partial charge in [0.05, 0.1) is 12.1 Å². The molecule has 0 spiro atoms. The number of Topliss-reactive ketones (excluding diaryl/α,β-unsaturated/α-hetero) is 1. The quantitative estimate of drug-likeness (QED) is 0.323. The number of rotatable bonds is 6. The maximum Gasteiger partial charge on any atom is 0.248 e. The number of hydroxylamine groups is 2. The summed E-state index contributed by atoms with van der Waals surface area (Å²) in [6.07, 6.45) is 2.54. The maximum atomic E-state index is 14.4. The van der Waals surface area contributed by atoms with E-state index < -0.39 is 29.8 Å². The van der Waals surface area contributed by atoms with Gasteiger partial charge in [0, 0.05) is 30.5 Å². The van der Waals surface area contributed by atoms with Crippen LogP contribution in [0.15, 0.2) is 58.3 Å². The van der Waals surface area contributed by atoms with Crippen molar-refractivity contribution in [3.8, 4) is 0 Å². The Morgan fingerprint density at radius 1 is 1.28 bits per heavy atom. The lowest BCUT2D eigenvalue weighted by molar-refractivity contribution is -0.137. The highest BCUT2D eigenvalue weighted by Gasteiger charge is 2.40. The zero-order chi connectivity index (χ0) is 27.9. The summed E-state index contributed by atoms with van der Waals surface area (Å²) in [6.45, 7) is 0.716. The number of fused-ring (bicyclic) bond motifs is 1. The van der Waals surface area contributed by atoms with Gasteiger partial charge in [0.25, 0.3) is 0 Å². The lowest BCUT2D eigenvalue weighted by Gasteiger charge is -2.43. The highest BCUT2D eigenvalue weighted by Crippen LogP contribution is 2.31. The number of hydrogen-bond donors (Lipinski definition) is 2. The lowest BCUT2D eigenvalue weighted by Crippen LogP contribution is -2.47. The molecule has 2 aliphatic heterocycles. The van der Waals surface area contributed by atoms with Gasteiger partial charge in [0.1, 0.15) is 34.9 Å². The number of ketones is 1. The highest BCUT2D eigenvalue weighted by molar-refractivity contribution is 9.10. The average Bonchev–Trinajstić information content (AvgIpc) is 3.46. The fourth-order valence-electron chi connectivity index (χ4n) is 4.65. The summed E-state index contributed by atoms with van der Waals surface area (Å²) >= 11 is 3.23. The van der Waals surface area contributed by atoms with E-state index >= 15 is 0 Å². The zero-order valence-electron chi connectivity index (χ0n) is 20.6. The van der Waals surface area contributed by atoms with Crippen LogP contribution in [0.3, 0.4) is 0 Å². The summed E-state index contributed by atoms with van der Waals surface area (Å²) < 4.78 is 16.2. The first-order chi connectivity index (χ1) is 18.6. The van der Waals surface area contributed by atoms with Crippen LogP contribution in [-0.2, 0) is 21.9 Å². The molecule has 202 valence electrons. The number of anilines is 1. The van der Waals surface area contributed by atoms with E-state index in [-0.39, 0.29) is 36.8 Å². The highest BCUT2D eigenvalue weighted by atomic mass is 79.9. The van der Waals surface area contributed by atoms with Gasteiger partial charge >= 0.3 is 0 Å². The third-order valence-corrected chi connectivity index (χ3v) is 6.99. The lowest BCUT2D eigenvalue weighted by atomic mass is 10.0. The number of hydrogen-bond acceptors (Lipinski definition) is 9. The number of alkyl halides is 1. The number of amides is 2. The second-order valence-corrected chi connectivity index (χ2v) is 10.0. The second-order valence-electron chi connectivity index (χ2n) is 9.20. The minimum absolute atomic E-state index is 0.0656. The average molecular weight is 598 g/mol. The molecule has 0 radical (unpaired) electrons. The van der Waals surface area contributed by atoms with Gasteiger partial charge in [-0.1, -0.05) is 12.1 Å². The van der Waals surface area contributed by atoms with Crippen molar-refractivity contribution in [2.75, 3.05) is 11.9 Å². The monoisotopic (exact) mass is 597 g/mol. The number of carbonyl (C=O) groups is 3. The summed E-state index contributed by atoms with van der Waals surface area (Å²) in [5.41, 5.74) is 7.04. The van der Waals surface area contributed by atoms with Crippen molar-refractivity contribution in [3.05, 3.63) is 69.7 Å². The van der Waals surface area contributed by atoms with Gasteiger partial charge in [-0.3, -0.25) is 24.8 Å². The summed E-state index contributed by atoms with van der Waals surface area (Å²) in [5, 5.41) is 20.2. The fourth-order valence-corrected chi connectivity index (χ4v) is 4.99.